The smallest absolute Gasteiger partial charge is 0.312 e. The number of fused-ring (bicyclic) bond motifs is 1. The lowest BCUT2D eigenvalue weighted by molar-refractivity contribution is -0.136. The predicted molar refractivity (Wildman–Crippen MR) is 77.7 cm³/mol. The lowest BCUT2D eigenvalue weighted by atomic mass is 10.1. The van der Waals surface area contributed by atoms with Gasteiger partial charge < -0.3 is 4.57 Å². The summed E-state index contributed by atoms with van der Waals surface area (Å²) in [7, 11) is 0. The van der Waals surface area contributed by atoms with E-state index in [1.165, 1.54) is 10.6 Å². The van der Waals surface area contributed by atoms with Gasteiger partial charge in [-0.3, -0.25) is 0 Å². The van der Waals surface area contributed by atoms with E-state index in [9.17, 15) is 18.4 Å². The van der Waals surface area contributed by atoms with Gasteiger partial charge in [-0.15, -0.1) is 0 Å². The van der Waals surface area contributed by atoms with Crippen LogP contribution in [0.5, 0.6) is 0 Å². The van der Waals surface area contributed by atoms with Crippen LogP contribution in [0.3, 0.4) is 0 Å². The number of rotatable bonds is 1. The third kappa shape index (κ3) is 2.04. The molecule has 0 radical (unpaired) electrons. The van der Waals surface area contributed by atoms with E-state index in [-0.39, 0.29) is 11.1 Å². The molecular formula is C17H11F3N2. The Morgan fingerprint density at radius 3 is 2.27 bits per heavy atom. The van der Waals surface area contributed by atoms with Gasteiger partial charge in [0.1, 0.15) is 6.07 Å². The van der Waals surface area contributed by atoms with Gasteiger partial charge in [0.2, 0.25) is 0 Å². The molecule has 110 valence electrons. The predicted octanol–water partition coefficient (Wildman–Crippen LogP) is 4.83. The summed E-state index contributed by atoms with van der Waals surface area (Å²) in [6.45, 7) is 1.66. The number of hydrogen-bond donors (Lipinski definition) is 0. The molecule has 22 heavy (non-hydrogen) atoms. The summed E-state index contributed by atoms with van der Waals surface area (Å²) in [5.74, 6) is 0. The van der Waals surface area contributed by atoms with Crippen LogP contribution in [0.4, 0.5) is 13.2 Å². The van der Waals surface area contributed by atoms with Crippen molar-refractivity contribution in [3.05, 3.63) is 65.4 Å². The quantitative estimate of drug-likeness (QED) is 0.633. The molecule has 0 N–H and O–H groups in total. The van der Waals surface area contributed by atoms with Crippen molar-refractivity contribution >= 4 is 10.9 Å². The molecule has 0 bridgehead atoms. The molecule has 0 spiro atoms. The van der Waals surface area contributed by atoms with E-state index in [2.05, 4.69) is 0 Å². The van der Waals surface area contributed by atoms with Crippen molar-refractivity contribution in [1.29, 1.82) is 5.26 Å². The van der Waals surface area contributed by atoms with E-state index < -0.39 is 11.7 Å². The largest absolute Gasteiger partial charge is 0.418 e. The highest BCUT2D eigenvalue weighted by molar-refractivity contribution is 5.92. The zero-order valence-electron chi connectivity index (χ0n) is 11.6. The van der Waals surface area contributed by atoms with E-state index in [0.29, 0.717) is 16.8 Å². The van der Waals surface area contributed by atoms with Crippen molar-refractivity contribution < 1.29 is 13.2 Å². The maximum Gasteiger partial charge on any atom is 0.418 e. The molecule has 1 heterocycles. The molecule has 0 aliphatic carbocycles. The summed E-state index contributed by atoms with van der Waals surface area (Å²) in [6, 6.07) is 14.7. The van der Waals surface area contributed by atoms with E-state index in [1.807, 2.05) is 6.07 Å². The first kappa shape index (κ1) is 14.2. The fourth-order valence-electron chi connectivity index (χ4n) is 2.73. The molecule has 0 aliphatic heterocycles. The summed E-state index contributed by atoms with van der Waals surface area (Å²) < 4.78 is 41.6. The Kier molecular flexibility index (Phi) is 3.18. The molecule has 2 nitrogen and oxygen atoms in total. The van der Waals surface area contributed by atoms with Crippen LogP contribution < -0.4 is 0 Å². The summed E-state index contributed by atoms with van der Waals surface area (Å²) in [5.41, 5.74) is 0.655. The van der Waals surface area contributed by atoms with Crippen LogP contribution in [0.25, 0.3) is 16.6 Å². The van der Waals surface area contributed by atoms with E-state index >= 15 is 0 Å². The minimum absolute atomic E-state index is 0.0234. The molecule has 0 saturated heterocycles. The number of nitriles is 1. The summed E-state index contributed by atoms with van der Waals surface area (Å²) in [5, 5.41) is 9.64. The first-order chi connectivity index (χ1) is 10.4. The molecule has 3 aromatic rings. The van der Waals surface area contributed by atoms with Crippen molar-refractivity contribution in [2.24, 2.45) is 0 Å². The van der Waals surface area contributed by atoms with Crippen LogP contribution >= 0.6 is 0 Å². The number of alkyl halides is 3. The van der Waals surface area contributed by atoms with Crippen LogP contribution in [-0.4, -0.2) is 4.57 Å². The van der Waals surface area contributed by atoms with Gasteiger partial charge in [0, 0.05) is 16.8 Å². The number of para-hydroxylation sites is 2. The molecule has 0 saturated carbocycles. The van der Waals surface area contributed by atoms with Crippen molar-refractivity contribution in [3.8, 4) is 11.8 Å². The first-order valence-corrected chi connectivity index (χ1v) is 6.62. The van der Waals surface area contributed by atoms with Gasteiger partial charge in [0.25, 0.3) is 0 Å². The average Bonchev–Trinajstić information content (AvgIpc) is 2.78. The van der Waals surface area contributed by atoms with Gasteiger partial charge in [0.05, 0.1) is 16.6 Å². The zero-order chi connectivity index (χ0) is 15.9. The van der Waals surface area contributed by atoms with Gasteiger partial charge in [-0.05, 0) is 25.1 Å². The number of benzene rings is 2. The lowest BCUT2D eigenvalue weighted by Gasteiger charge is -2.13. The Labute approximate surface area is 125 Å². The molecule has 0 atom stereocenters. The maximum absolute atomic E-state index is 13.4. The standard InChI is InChI=1S/C17H11F3N2/c1-11-14(10-21)13-8-5-9-15(17(18,19)20)16(13)22(11)12-6-3-2-4-7-12/h2-9H,1H3. The van der Waals surface area contributed by atoms with Crippen LogP contribution in [0, 0.1) is 18.3 Å². The molecule has 1 aromatic heterocycles. The summed E-state index contributed by atoms with van der Waals surface area (Å²) in [4.78, 5) is 0. The molecular weight excluding hydrogens is 289 g/mol. The van der Waals surface area contributed by atoms with Crippen molar-refractivity contribution in [1.82, 2.24) is 4.57 Å². The van der Waals surface area contributed by atoms with Gasteiger partial charge in [0.15, 0.2) is 0 Å². The number of hydrogen-bond acceptors (Lipinski definition) is 1. The highest BCUT2D eigenvalue weighted by Gasteiger charge is 2.35. The fourth-order valence-corrected chi connectivity index (χ4v) is 2.73. The second-order valence-corrected chi connectivity index (χ2v) is 4.94. The van der Waals surface area contributed by atoms with Gasteiger partial charge >= 0.3 is 6.18 Å². The molecule has 5 heteroatoms. The number of aromatic nitrogens is 1. The molecule has 0 aliphatic rings. The first-order valence-electron chi connectivity index (χ1n) is 6.62. The third-order valence-electron chi connectivity index (χ3n) is 3.66. The van der Waals surface area contributed by atoms with Crippen molar-refractivity contribution in [2.45, 2.75) is 13.1 Å². The Hall–Kier alpha value is -2.74. The van der Waals surface area contributed by atoms with Gasteiger partial charge in [-0.2, -0.15) is 18.4 Å². The van der Waals surface area contributed by atoms with Gasteiger partial charge in [-0.1, -0.05) is 30.3 Å². The Bertz CT molecular complexity index is 884. The second kappa shape index (κ2) is 4.92. The van der Waals surface area contributed by atoms with E-state index in [4.69, 9.17) is 0 Å². The SMILES string of the molecule is Cc1c(C#N)c2cccc(C(F)(F)F)c2n1-c1ccccc1. The third-order valence-corrected chi connectivity index (χ3v) is 3.66. The Morgan fingerprint density at radius 2 is 1.68 bits per heavy atom. The minimum atomic E-state index is -4.48. The highest BCUT2D eigenvalue weighted by atomic mass is 19.4. The van der Waals surface area contributed by atoms with E-state index in [0.717, 1.165) is 6.07 Å². The second-order valence-electron chi connectivity index (χ2n) is 4.94. The van der Waals surface area contributed by atoms with E-state index in [1.54, 1.807) is 43.3 Å². The molecule has 2 aromatic carbocycles. The summed E-state index contributed by atoms with van der Waals surface area (Å²) >= 11 is 0. The van der Waals surface area contributed by atoms with Crippen molar-refractivity contribution in [2.75, 3.05) is 0 Å². The van der Waals surface area contributed by atoms with Gasteiger partial charge in [-0.25, -0.2) is 0 Å². The number of halogens is 3. The van der Waals surface area contributed by atoms with Crippen LogP contribution in [0.1, 0.15) is 16.8 Å². The Balaban J connectivity index is 2.51. The molecule has 3 rings (SSSR count). The highest BCUT2D eigenvalue weighted by Crippen LogP contribution is 2.39. The molecule has 0 amide bonds. The number of nitrogens with zero attached hydrogens (tertiary/aromatic N) is 2. The summed E-state index contributed by atoms with van der Waals surface area (Å²) in [6.07, 6.45) is -4.48. The molecule has 0 unspecified atom stereocenters. The average molecular weight is 300 g/mol. The normalized spacial score (nSPS) is 11.6. The van der Waals surface area contributed by atoms with Crippen LogP contribution in [0.2, 0.25) is 0 Å². The maximum atomic E-state index is 13.4. The Morgan fingerprint density at radius 1 is 1.00 bits per heavy atom. The van der Waals surface area contributed by atoms with Crippen LogP contribution in [0.15, 0.2) is 48.5 Å². The van der Waals surface area contributed by atoms with Crippen molar-refractivity contribution in [3.63, 3.8) is 0 Å². The monoisotopic (exact) mass is 300 g/mol. The zero-order valence-corrected chi connectivity index (χ0v) is 11.6. The lowest BCUT2D eigenvalue weighted by Crippen LogP contribution is -2.08. The fraction of sp³-hybridized carbons (Fsp3) is 0.118. The minimum Gasteiger partial charge on any atom is -0.312 e. The molecule has 0 fully saturated rings. The topological polar surface area (TPSA) is 28.7 Å². The van der Waals surface area contributed by atoms with Crippen LogP contribution in [-0.2, 0) is 6.18 Å².